The Morgan fingerprint density at radius 2 is 2.00 bits per heavy atom. The van der Waals surface area contributed by atoms with Crippen LogP contribution in [0.25, 0.3) is 11.6 Å². The number of nitriles is 2. The standard InChI is InChI=1S/C14H8FN3OS/c1-18-13(19)12(20-14(18)10(7-16)8-17)6-9-4-2-3-5-11(9)15/h2-6H,1H3/b12-6-. The number of aromatic nitrogens is 1. The van der Waals surface area contributed by atoms with Crippen LogP contribution in [0.15, 0.2) is 29.1 Å². The molecule has 0 saturated carbocycles. The normalized spacial score (nSPS) is 10.9. The topological polar surface area (TPSA) is 69.6 Å². The van der Waals surface area contributed by atoms with Gasteiger partial charge in [-0.25, -0.2) is 4.39 Å². The second-order valence-electron chi connectivity index (χ2n) is 3.90. The van der Waals surface area contributed by atoms with Gasteiger partial charge in [-0.05, 0) is 12.1 Å². The summed E-state index contributed by atoms with van der Waals surface area (Å²) in [6, 6.07) is 9.55. The summed E-state index contributed by atoms with van der Waals surface area (Å²) < 4.78 is 15.3. The van der Waals surface area contributed by atoms with Crippen molar-refractivity contribution in [2.45, 2.75) is 0 Å². The third-order valence-corrected chi connectivity index (χ3v) is 3.84. The lowest BCUT2D eigenvalue weighted by Crippen LogP contribution is -2.29. The molecule has 0 N–H and O–H groups in total. The Hall–Kier alpha value is -2.70. The van der Waals surface area contributed by atoms with Crippen LogP contribution in [0.5, 0.6) is 0 Å². The molecule has 0 aliphatic heterocycles. The first kappa shape index (κ1) is 13.7. The largest absolute Gasteiger partial charge is 0.300 e. The second kappa shape index (κ2) is 5.52. The summed E-state index contributed by atoms with van der Waals surface area (Å²) in [6.07, 6.45) is 1.41. The lowest BCUT2D eigenvalue weighted by Gasteiger charge is -1.92. The monoisotopic (exact) mass is 285 g/mol. The Labute approximate surface area is 117 Å². The highest BCUT2D eigenvalue weighted by Crippen LogP contribution is 2.06. The summed E-state index contributed by atoms with van der Waals surface area (Å²) in [5.74, 6) is -0.436. The van der Waals surface area contributed by atoms with E-state index < -0.39 is 5.82 Å². The van der Waals surface area contributed by atoms with Gasteiger partial charge in [0.25, 0.3) is 5.56 Å². The Kier molecular flexibility index (Phi) is 3.79. The molecule has 2 rings (SSSR count). The summed E-state index contributed by atoms with van der Waals surface area (Å²) >= 11 is 0.993. The van der Waals surface area contributed by atoms with Crippen molar-refractivity contribution in [2.24, 2.45) is 7.05 Å². The smallest absolute Gasteiger partial charge is 0.268 e. The molecular weight excluding hydrogens is 277 g/mol. The van der Waals surface area contributed by atoms with Crippen LogP contribution in [0.2, 0.25) is 0 Å². The van der Waals surface area contributed by atoms with Gasteiger partial charge in [-0.15, -0.1) is 11.3 Å². The summed E-state index contributed by atoms with van der Waals surface area (Å²) in [5, 5.41) is 17.7. The van der Waals surface area contributed by atoms with Crippen LogP contribution in [0.1, 0.15) is 5.56 Å². The van der Waals surface area contributed by atoms with Crippen LogP contribution in [0.3, 0.4) is 0 Å². The Bertz CT molecular complexity index is 909. The van der Waals surface area contributed by atoms with E-state index in [0.717, 1.165) is 11.3 Å². The molecule has 0 amide bonds. The van der Waals surface area contributed by atoms with Crippen LogP contribution >= 0.6 is 11.3 Å². The van der Waals surface area contributed by atoms with Gasteiger partial charge < -0.3 is 4.57 Å². The molecule has 0 saturated heterocycles. The zero-order chi connectivity index (χ0) is 14.7. The predicted octanol–water partition coefficient (Wildman–Crippen LogP) is 0.613. The van der Waals surface area contributed by atoms with Crippen molar-refractivity contribution in [3.8, 4) is 12.1 Å². The number of hydrogen-bond donors (Lipinski definition) is 0. The lowest BCUT2D eigenvalue weighted by atomic mass is 10.2. The molecular formula is C14H8FN3OS. The van der Waals surface area contributed by atoms with Gasteiger partial charge in [0.15, 0.2) is 5.57 Å². The van der Waals surface area contributed by atoms with Crippen molar-refractivity contribution in [1.29, 1.82) is 10.5 Å². The molecule has 0 bridgehead atoms. The Balaban J connectivity index is 2.82. The van der Waals surface area contributed by atoms with Gasteiger partial charge in [-0.1, -0.05) is 18.2 Å². The van der Waals surface area contributed by atoms with Crippen molar-refractivity contribution in [3.63, 3.8) is 0 Å². The minimum atomic E-state index is -0.436. The van der Waals surface area contributed by atoms with E-state index in [9.17, 15) is 9.18 Å². The molecule has 0 spiro atoms. The van der Waals surface area contributed by atoms with E-state index in [-0.39, 0.29) is 25.9 Å². The number of nitrogens with zero attached hydrogens (tertiary/aromatic N) is 3. The summed E-state index contributed by atoms with van der Waals surface area (Å²) in [6.45, 7) is 0. The molecule has 6 heteroatoms. The predicted molar refractivity (Wildman–Crippen MR) is 73.4 cm³/mol. The Morgan fingerprint density at radius 1 is 1.35 bits per heavy atom. The van der Waals surface area contributed by atoms with Crippen LogP contribution in [0, 0.1) is 28.5 Å². The molecule has 0 unspecified atom stereocenters. The van der Waals surface area contributed by atoms with Crippen LogP contribution in [0.4, 0.5) is 4.39 Å². The minimum absolute atomic E-state index is 0.136. The van der Waals surface area contributed by atoms with E-state index >= 15 is 0 Å². The van der Waals surface area contributed by atoms with E-state index in [0.29, 0.717) is 0 Å². The quantitative estimate of drug-likeness (QED) is 0.771. The minimum Gasteiger partial charge on any atom is -0.300 e. The van der Waals surface area contributed by atoms with Gasteiger partial charge in [0.05, 0.1) is 4.53 Å². The van der Waals surface area contributed by atoms with Crippen molar-refractivity contribution in [3.05, 3.63) is 55.2 Å². The molecule has 2 aromatic rings. The van der Waals surface area contributed by atoms with Crippen molar-refractivity contribution in [1.82, 2.24) is 4.57 Å². The highest BCUT2D eigenvalue weighted by atomic mass is 32.1. The maximum Gasteiger partial charge on any atom is 0.268 e. The van der Waals surface area contributed by atoms with Gasteiger partial charge in [0.1, 0.15) is 22.6 Å². The van der Waals surface area contributed by atoms with Gasteiger partial charge in [0, 0.05) is 12.6 Å². The number of benzene rings is 1. The first-order valence-electron chi connectivity index (χ1n) is 5.55. The Morgan fingerprint density at radius 3 is 2.60 bits per heavy atom. The van der Waals surface area contributed by atoms with E-state index in [2.05, 4.69) is 0 Å². The summed E-state index contributed by atoms with van der Waals surface area (Å²) in [5.41, 5.74) is -0.215. The molecule has 4 nitrogen and oxygen atoms in total. The maximum atomic E-state index is 13.6. The zero-order valence-corrected chi connectivity index (χ0v) is 11.2. The van der Waals surface area contributed by atoms with Crippen LogP contribution in [-0.4, -0.2) is 4.57 Å². The number of thiazole rings is 1. The average Bonchev–Trinajstić information content (AvgIpc) is 2.72. The van der Waals surface area contributed by atoms with Crippen molar-refractivity contribution >= 4 is 23.0 Å². The van der Waals surface area contributed by atoms with E-state index in [1.807, 2.05) is 0 Å². The summed E-state index contributed by atoms with van der Waals surface area (Å²) in [4.78, 5) is 12.0. The first-order chi connectivity index (χ1) is 9.58. The van der Waals surface area contributed by atoms with Gasteiger partial charge in [-0.3, -0.25) is 4.79 Å². The third kappa shape index (κ3) is 2.37. The molecule has 20 heavy (non-hydrogen) atoms. The lowest BCUT2D eigenvalue weighted by molar-refractivity contribution is 0.625. The van der Waals surface area contributed by atoms with Gasteiger partial charge >= 0.3 is 0 Å². The molecule has 0 aliphatic rings. The fraction of sp³-hybridized carbons (Fsp3) is 0.0714. The average molecular weight is 285 g/mol. The van der Waals surface area contributed by atoms with Gasteiger partial charge in [-0.2, -0.15) is 10.5 Å². The molecule has 1 heterocycles. The molecule has 1 aromatic carbocycles. The number of halogens is 1. The van der Waals surface area contributed by atoms with E-state index in [1.165, 1.54) is 23.8 Å². The molecule has 0 radical (unpaired) electrons. The zero-order valence-electron chi connectivity index (χ0n) is 10.4. The highest BCUT2D eigenvalue weighted by Gasteiger charge is 2.06. The molecule has 0 aliphatic carbocycles. The van der Waals surface area contributed by atoms with Crippen molar-refractivity contribution < 1.29 is 4.39 Å². The van der Waals surface area contributed by atoms with Crippen LogP contribution in [-0.2, 0) is 7.05 Å². The number of hydrogen-bond acceptors (Lipinski definition) is 4. The fourth-order valence-corrected chi connectivity index (χ4v) is 2.67. The van der Waals surface area contributed by atoms with E-state index in [1.54, 1.807) is 30.3 Å². The fourth-order valence-electron chi connectivity index (χ4n) is 1.64. The highest BCUT2D eigenvalue weighted by molar-refractivity contribution is 7.07. The van der Waals surface area contributed by atoms with Crippen LogP contribution < -0.4 is 14.8 Å². The number of rotatable bonds is 1. The third-order valence-electron chi connectivity index (χ3n) is 2.66. The SMILES string of the molecule is Cn1c(=C(C#N)C#N)s/c(=C\c2ccccc2F)c1=O. The van der Waals surface area contributed by atoms with Gasteiger partial charge in [0.2, 0.25) is 0 Å². The molecule has 1 aromatic heterocycles. The van der Waals surface area contributed by atoms with E-state index in [4.69, 9.17) is 10.5 Å². The maximum absolute atomic E-state index is 13.6. The summed E-state index contributed by atoms with van der Waals surface area (Å²) in [7, 11) is 1.47. The first-order valence-corrected chi connectivity index (χ1v) is 6.36. The molecule has 98 valence electrons. The van der Waals surface area contributed by atoms with Crippen molar-refractivity contribution in [2.75, 3.05) is 0 Å². The molecule has 0 atom stereocenters. The second-order valence-corrected chi connectivity index (χ2v) is 4.93. The molecule has 0 fully saturated rings.